The molecular weight excluding hydrogens is 286 g/mol. The monoisotopic (exact) mass is 309 g/mol. The number of rotatable bonds is 4. The molecule has 0 saturated carbocycles. The Labute approximate surface area is 129 Å². The minimum Gasteiger partial charge on any atom is -0.340 e. The van der Waals surface area contributed by atoms with Gasteiger partial charge in [0.25, 0.3) is 5.91 Å². The average Bonchev–Trinajstić information content (AvgIpc) is 3.00. The van der Waals surface area contributed by atoms with Crippen molar-refractivity contribution in [3.63, 3.8) is 0 Å². The molecule has 116 valence electrons. The lowest BCUT2D eigenvalue weighted by Gasteiger charge is -2.39. The van der Waals surface area contributed by atoms with Gasteiger partial charge in [0, 0.05) is 19.1 Å². The van der Waals surface area contributed by atoms with Crippen LogP contribution in [-0.2, 0) is 4.79 Å². The number of piperidine rings is 1. The molecule has 3 N–H and O–H groups in total. The first-order valence-corrected chi connectivity index (χ1v) is 8.25. The molecule has 0 bridgehead atoms. The normalized spacial score (nSPS) is 23.7. The molecule has 1 saturated heterocycles. The summed E-state index contributed by atoms with van der Waals surface area (Å²) in [7, 11) is 0. The summed E-state index contributed by atoms with van der Waals surface area (Å²) >= 11 is 1.37. The Hall–Kier alpha value is -1.40. The van der Waals surface area contributed by atoms with Gasteiger partial charge in [-0.25, -0.2) is 0 Å². The van der Waals surface area contributed by atoms with Gasteiger partial charge in [0.05, 0.1) is 4.88 Å². The molecule has 0 spiro atoms. The zero-order valence-corrected chi connectivity index (χ0v) is 13.4. The maximum absolute atomic E-state index is 12.5. The van der Waals surface area contributed by atoms with Crippen LogP contribution in [0.25, 0.3) is 0 Å². The molecule has 1 fully saturated rings. The minimum atomic E-state index is -0.526. The number of hydrogen-bond donors (Lipinski definition) is 2. The van der Waals surface area contributed by atoms with Crippen molar-refractivity contribution < 1.29 is 9.59 Å². The second kappa shape index (κ2) is 7.04. The number of likely N-dealkylation sites (tertiary alicyclic amines) is 1. The lowest BCUT2D eigenvalue weighted by atomic mass is 9.92. The van der Waals surface area contributed by atoms with Gasteiger partial charge < -0.3 is 16.0 Å². The third kappa shape index (κ3) is 3.83. The largest absolute Gasteiger partial charge is 0.340 e. The quantitative estimate of drug-likeness (QED) is 0.884. The van der Waals surface area contributed by atoms with E-state index >= 15 is 0 Å². The summed E-state index contributed by atoms with van der Waals surface area (Å²) in [6, 6.07) is 3.13. The summed E-state index contributed by atoms with van der Waals surface area (Å²) in [5.74, 6) is 0.362. The zero-order chi connectivity index (χ0) is 15.4. The molecule has 2 rings (SSSR count). The highest BCUT2D eigenvalue weighted by Crippen LogP contribution is 2.22. The molecule has 5 nitrogen and oxygen atoms in total. The number of nitrogens with zero attached hydrogens (tertiary/aromatic N) is 1. The molecule has 1 aliphatic rings. The van der Waals surface area contributed by atoms with Gasteiger partial charge in [0.2, 0.25) is 5.91 Å². The van der Waals surface area contributed by atoms with Crippen LogP contribution >= 0.6 is 11.3 Å². The van der Waals surface area contributed by atoms with Crippen LogP contribution in [0.5, 0.6) is 0 Å². The van der Waals surface area contributed by atoms with Crippen molar-refractivity contribution in [3.8, 4) is 0 Å². The third-order valence-corrected chi connectivity index (χ3v) is 4.86. The van der Waals surface area contributed by atoms with Crippen molar-refractivity contribution in [1.82, 2.24) is 10.2 Å². The summed E-state index contributed by atoms with van der Waals surface area (Å²) in [5, 5.41) is 4.62. The van der Waals surface area contributed by atoms with Gasteiger partial charge >= 0.3 is 0 Å². The van der Waals surface area contributed by atoms with E-state index in [1.807, 2.05) is 16.3 Å². The van der Waals surface area contributed by atoms with Crippen LogP contribution in [0, 0.1) is 5.92 Å². The van der Waals surface area contributed by atoms with Crippen molar-refractivity contribution in [3.05, 3.63) is 22.4 Å². The summed E-state index contributed by atoms with van der Waals surface area (Å²) in [6.45, 7) is 5.12. The van der Waals surface area contributed by atoms with E-state index in [0.29, 0.717) is 17.3 Å². The van der Waals surface area contributed by atoms with Gasteiger partial charge in [-0.3, -0.25) is 9.59 Å². The Balaban J connectivity index is 1.96. The van der Waals surface area contributed by atoms with Gasteiger partial charge in [-0.1, -0.05) is 13.0 Å². The van der Waals surface area contributed by atoms with Crippen LogP contribution in [0.4, 0.5) is 0 Å². The van der Waals surface area contributed by atoms with E-state index in [-0.39, 0.29) is 17.9 Å². The highest BCUT2D eigenvalue weighted by molar-refractivity contribution is 7.12. The molecule has 3 unspecified atom stereocenters. The first-order valence-electron chi connectivity index (χ1n) is 7.37. The predicted molar refractivity (Wildman–Crippen MR) is 84.2 cm³/mol. The number of nitrogens with two attached hydrogens (primary N) is 1. The smallest absolute Gasteiger partial charge is 0.261 e. The van der Waals surface area contributed by atoms with Crippen molar-refractivity contribution in [2.75, 3.05) is 13.1 Å². The maximum atomic E-state index is 12.5. The number of carbonyl (C=O) groups excluding carboxylic acids is 2. The molecule has 1 aromatic heterocycles. The van der Waals surface area contributed by atoms with Gasteiger partial charge in [-0.05, 0) is 37.1 Å². The SMILES string of the molecule is CC1CCN(C(=O)C(C)NC(=O)c2cccs2)C(CN)C1. The molecular formula is C15H23N3O2S. The molecule has 6 heteroatoms. The van der Waals surface area contributed by atoms with Crippen LogP contribution in [0.1, 0.15) is 36.4 Å². The first kappa shape index (κ1) is 16.0. The zero-order valence-electron chi connectivity index (χ0n) is 12.5. The molecule has 0 aromatic carbocycles. The minimum absolute atomic E-state index is 0.0396. The van der Waals surface area contributed by atoms with Crippen molar-refractivity contribution in [2.45, 2.75) is 38.8 Å². The van der Waals surface area contributed by atoms with Crippen molar-refractivity contribution >= 4 is 23.2 Å². The van der Waals surface area contributed by atoms with Crippen LogP contribution < -0.4 is 11.1 Å². The highest BCUT2D eigenvalue weighted by Gasteiger charge is 2.31. The third-order valence-electron chi connectivity index (χ3n) is 4.00. The fraction of sp³-hybridized carbons (Fsp3) is 0.600. The Morgan fingerprint density at radius 3 is 2.95 bits per heavy atom. The van der Waals surface area contributed by atoms with Crippen molar-refractivity contribution in [2.24, 2.45) is 11.7 Å². The van der Waals surface area contributed by atoms with Crippen LogP contribution in [0.15, 0.2) is 17.5 Å². The fourth-order valence-corrected chi connectivity index (χ4v) is 3.38. The molecule has 21 heavy (non-hydrogen) atoms. The molecule has 1 aliphatic heterocycles. The molecule has 3 atom stereocenters. The van der Waals surface area contributed by atoms with Crippen LogP contribution in [0.2, 0.25) is 0 Å². The molecule has 0 radical (unpaired) electrons. The van der Waals surface area contributed by atoms with Gasteiger partial charge in [-0.2, -0.15) is 0 Å². The van der Waals surface area contributed by atoms with Gasteiger partial charge in [0.15, 0.2) is 0 Å². The maximum Gasteiger partial charge on any atom is 0.261 e. The van der Waals surface area contributed by atoms with Gasteiger partial charge in [-0.15, -0.1) is 11.3 Å². The number of thiophene rings is 1. The van der Waals surface area contributed by atoms with E-state index in [1.165, 1.54) is 11.3 Å². The van der Waals surface area contributed by atoms with Crippen LogP contribution in [-0.4, -0.2) is 41.9 Å². The molecule has 0 aliphatic carbocycles. The molecule has 2 heterocycles. The van der Waals surface area contributed by atoms with E-state index in [2.05, 4.69) is 12.2 Å². The molecule has 1 aromatic rings. The predicted octanol–water partition coefficient (Wildman–Crippen LogP) is 1.45. The summed E-state index contributed by atoms with van der Waals surface area (Å²) in [6.07, 6.45) is 1.93. The second-order valence-electron chi connectivity index (χ2n) is 5.72. The number of carbonyl (C=O) groups is 2. The van der Waals surface area contributed by atoms with Gasteiger partial charge in [0.1, 0.15) is 6.04 Å². The van der Waals surface area contributed by atoms with E-state index in [0.717, 1.165) is 19.4 Å². The fourth-order valence-electron chi connectivity index (χ4n) is 2.75. The van der Waals surface area contributed by atoms with E-state index < -0.39 is 6.04 Å². The average molecular weight is 309 g/mol. The van der Waals surface area contributed by atoms with E-state index in [4.69, 9.17) is 5.73 Å². The summed E-state index contributed by atoms with van der Waals surface area (Å²) in [4.78, 5) is 27.0. The van der Waals surface area contributed by atoms with Crippen molar-refractivity contribution in [1.29, 1.82) is 0 Å². The number of hydrogen-bond acceptors (Lipinski definition) is 4. The van der Waals surface area contributed by atoms with E-state index in [9.17, 15) is 9.59 Å². The number of amides is 2. The summed E-state index contributed by atoms with van der Waals surface area (Å²) < 4.78 is 0. The second-order valence-corrected chi connectivity index (χ2v) is 6.67. The number of nitrogens with one attached hydrogen (secondary N) is 1. The molecule has 2 amide bonds. The Morgan fingerprint density at radius 2 is 2.33 bits per heavy atom. The van der Waals surface area contributed by atoms with E-state index in [1.54, 1.807) is 13.0 Å². The lowest BCUT2D eigenvalue weighted by Crippen LogP contribution is -2.55. The van der Waals surface area contributed by atoms with Crippen LogP contribution in [0.3, 0.4) is 0 Å². The topological polar surface area (TPSA) is 75.4 Å². The summed E-state index contributed by atoms with van der Waals surface area (Å²) in [5.41, 5.74) is 5.79. The Bertz CT molecular complexity index is 489. The lowest BCUT2D eigenvalue weighted by molar-refractivity contribution is -0.136. The highest BCUT2D eigenvalue weighted by atomic mass is 32.1. The Morgan fingerprint density at radius 1 is 1.57 bits per heavy atom. The first-order chi connectivity index (χ1) is 10.0. The standard InChI is InChI=1S/C15H23N3O2S/c1-10-5-6-18(12(8-10)9-16)15(20)11(2)17-14(19)13-4-3-7-21-13/h3-4,7,10-12H,5-6,8-9,16H2,1-2H3,(H,17,19). The Kier molecular flexibility index (Phi) is 5.36.